The zero-order valence-corrected chi connectivity index (χ0v) is 17.2. The molecule has 0 radical (unpaired) electrons. The maximum Gasteiger partial charge on any atom is 0.255 e. The summed E-state index contributed by atoms with van der Waals surface area (Å²) in [6.45, 7) is 2.00. The van der Waals surface area contributed by atoms with Crippen LogP contribution in [0.25, 0.3) is 0 Å². The first-order valence-corrected chi connectivity index (χ1v) is 9.69. The molecule has 4 aromatic rings. The van der Waals surface area contributed by atoms with Crippen molar-refractivity contribution < 1.29 is 9.53 Å². The number of rotatable bonds is 6. The van der Waals surface area contributed by atoms with Gasteiger partial charge in [-0.3, -0.25) is 14.7 Å². The summed E-state index contributed by atoms with van der Waals surface area (Å²) in [5.74, 6) is 1.00. The lowest BCUT2D eigenvalue weighted by Gasteiger charge is -2.24. The number of nitrogens with zero attached hydrogens (tertiary/aromatic N) is 4. The number of nitrogens with one attached hydrogen (secondary N) is 1. The second-order valence-corrected chi connectivity index (χ2v) is 6.78. The van der Waals surface area contributed by atoms with Crippen LogP contribution < -0.4 is 15.0 Å². The normalized spacial score (nSPS) is 10.4. The molecule has 0 saturated carbocycles. The number of pyridine rings is 1. The zero-order valence-electron chi connectivity index (χ0n) is 17.2. The van der Waals surface area contributed by atoms with E-state index in [4.69, 9.17) is 4.74 Å². The number of ether oxygens (including phenoxy) is 1. The molecule has 2 aromatic carbocycles. The summed E-state index contributed by atoms with van der Waals surface area (Å²) >= 11 is 0. The highest BCUT2D eigenvalue weighted by atomic mass is 16.5. The second-order valence-electron chi connectivity index (χ2n) is 6.78. The molecule has 0 saturated heterocycles. The van der Waals surface area contributed by atoms with Crippen LogP contribution in [0.4, 0.5) is 23.0 Å². The third-order valence-electron chi connectivity index (χ3n) is 4.72. The molecule has 31 heavy (non-hydrogen) atoms. The molecule has 0 unspecified atom stereocenters. The van der Waals surface area contributed by atoms with Gasteiger partial charge in [-0.1, -0.05) is 6.07 Å². The fraction of sp³-hybridized carbons (Fsp3) is 0.0833. The number of carbonyl (C=O) groups is 1. The van der Waals surface area contributed by atoms with E-state index in [-0.39, 0.29) is 5.91 Å². The number of amides is 1. The number of carbonyl (C=O) groups excluding carboxylic acids is 1. The standard InChI is InChI=1S/C24H21N5O2/c1-17-6-9-19(28-23(30)18-7-10-21(31-2)11-8-18)15-22(17)29(20-5-3-12-25-16-20)24-26-13-4-14-27-24/h3-16H,1-2H3,(H,28,30). The largest absolute Gasteiger partial charge is 0.497 e. The van der Waals surface area contributed by atoms with Gasteiger partial charge in [0, 0.05) is 29.8 Å². The summed E-state index contributed by atoms with van der Waals surface area (Å²) in [6.07, 6.45) is 6.84. The van der Waals surface area contributed by atoms with Gasteiger partial charge in [-0.05, 0) is 67.1 Å². The van der Waals surface area contributed by atoms with Crippen molar-refractivity contribution in [3.05, 3.63) is 96.6 Å². The maximum atomic E-state index is 12.7. The third kappa shape index (κ3) is 4.51. The number of benzene rings is 2. The molecular weight excluding hydrogens is 390 g/mol. The average molecular weight is 411 g/mol. The minimum atomic E-state index is -0.207. The first-order chi connectivity index (χ1) is 15.2. The Morgan fingerprint density at radius 3 is 2.42 bits per heavy atom. The Hall–Kier alpha value is -4.26. The summed E-state index contributed by atoms with van der Waals surface area (Å²) in [5, 5.41) is 2.96. The van der Waals surface area contributed by atoms with Gasteiger partial charge in [-0.2, -0.15) is 0 Å². The maximum absolute atomic E-state index is 12.7. The van der Waals surface area contributed by atoms with Crippen LogP contribution in [0.15, 0.2) is 85.5 Å². The molecule has 0 atom stereocenters. The van der Waals surface area contributed by atoms with Crippen LogP contribution in [0, 0.1) is 6.92 Å². The van der Waals surface area contributed by atoms with E-state index in [0.717, 1.165) is 16.9 Å². The molecule has 0 spiro atoms. The summed E-state index contributed by atoms with van der Waals surface area (Å²) in [5.41, 5.74) is 3.85. The lowest BCUT2D eigenvalue weighted by molar-refractivity contribution is 0.102. The molecule has 4 rings (SSSR count). The van der Waals surface area contributed by atoms with E-state index in [1.54, 1.807) is 62.2 Å². The van der Waals surface area contributed by atoms with Crippen molar-refractivity contribution in [2.45, 2.75) is 6.92 Å². The Morgan fingerprint density at radius 1 is 0.968 bits per heavy atom. The highest BCUT2D eigenvalue weighted by Gasteiger charge is 2.18. The van der Waals surface area contributed by atoms with Crippen LogP contribution in [0.5, 0.6) is 5.75 Å². The van der Waals surface area contributed by atoms with E-state index >= 15 is 0 Å². The molecule has 1 N–H and O–H groups in total. The molecule has 2 aromatic heterocycles. The van der Waals surface area contributed by atoms with Crippen molar-refractivity contribution in [2.24, 2.45) is 0 Å². The first-order valence-electron chi connectivity index (χ1n) is 9.69. The van der Waals surface area contributed by atoms with Crippen LogP contribution in [-0.4, -0.2) is 28.0 Å². The fourth-order valence-corrected chi connectivity index (χ4v) is 3.13. The first kappa shape index (κ1) is 20.0. The highest BCUT2D eigenvalue weighted by molar-refractivity contribution is 6.04. The Kier molecular flexibility index (Phi) is 5.84. The van der Waals surface area contributed by atoms with E-state index in [0.29, 0.717) is 22.9 Å². The van der Waals surface area contributed by atoms with Crippen molar-refractivity contribution in [1.29, 1.82) is 0 Å². The third-order valence-corrected chi connectivity index (χ3v) is 4.72. The van der Waals surface area contributed by atoms with Gasteiger partial charge < -0.3 is 10.1 Å². The van der Waals surface area contributed by atoms with Gasteiger partial charge in [0.15, 0.2) is 0 Å². The number of anilines is 4. The molecular formula is C24H21N5O2. The molecule has 0 aliphatic heterocycles. The summed E-state index contributed by atoms with van der Waals surface area (Å²) in [4.78, 5) is 27.7. The van der Waals surface area contributed by atoms with Crippen LogP contribution in [-0.2, 0) is 0 Å². The number of methoxy groups -OCH3 is 1. The number of aromatic nitrogens is 3. The molecule has 1 amide bonds. The van der Waals surface area contributed by atoms with Gasteiger partial charge in [0.25, 0.3) is 5.91 Å². The van der Waals surface area contributed by atoms with Crippen molar-refractivity contribution in [1.82, 2.24) is 15.0 Å². The smallest absolute Gasteiger partial charge is 0.255 e. The number of aryl methyl sites for hydroxylation is 1. The topological polar surface area (TPSA) is 80.2 Å². The van der Waals surface area contributed by atoms with E-state index in [1.807, 2.05) is 42.2 Å². The monoisotopic (exact) mass is 411 g/mol. The Bertz CT molecular complexity index is 1130. The Balaban J connectivity index is 1.69. The van der Waals surface area contributed by atoms with Crippen molar-refractivity contribution in [3.63, 3.8) is 0 Å². The number of hydrogen-bond acceptors (Lipinski definition) is 6. The summed E-state index contributed by atoms with van der Waals surface area (Å²) < 4.78 is 5.15. The predicted molar refractivity (Wildman–Crippen MR) is 120 cm³/mol. The Labute approximate surface area is 180 Å². The summed E-state index contributed by atoms with van der Waals surface area (Å²) in [6, 6.07) is 18.2. The fourth-order valence-electron chi connectivity index (χ4n) is 3.13. The van der Waals surface area contributed by atoms with E-state index < -0.39 is 0 Å². The van der Waals surface area contributed by atoms with Crippen molar-refractivity contribution in [3.8, 4) is 5.75 Å². The van der Waals surface area contributed by atoms with Crippen LogP contribution in [0.2, 0.25) is 0 Å². The van der Waals surface area contributed by atoms with E-state index in [1.165, 1.54) is 0 Å². The van der Waals surface area contributed by atoms with Gasteiger partial charge in [0.2, 0.25) is 5.95 Å². The molecule has 154 valence electrons. The molecule has 7 nitrogen and oxygen atoms in total. The quantitative estimate of drug-likeness (QED) is 0.486. The molecule has 0 bridgehead atoms. The van der Waals surface area contributed by atoms with Crippen LogP contribution in [0.3, 0.4) is 0 Å². The summed E-state index contributed by atoms with van der Waals surface area (Å²) in [7, 11) is 1.59. The highest BCUT2D eigenvalue weighted by Crippen LogP contribution is 2.35. The predicted octanol–water partition coefficient (Wildman–Crippen LogP) is 4.91. The van der Waals surface area contributed by atoms with E-state index in [9.17, 15) is 4.79 Å². The zero-order chi connectivity index (χ0) is 21.6. The lowest BCUT2D eigenvalue weighted by atomic mass is 10.1. The second kappa shape index (κ2) is 9.04. The molecule has 0 aliphatic rings. The van der Waals surface area contributed by atoms with E-state index in [2.05, 4.69) is 20.3 Å². The van der Waals surface area contributed by atoms with Gasteiger partial charge in [-0.25, -0.2) is 9.97 Å². The minimum absolute atomic E-state index is 0.207. The van der Waals surface area contributed by atoms with Crippen molar-refractivity contribution in [2.75, 3.05) is 17.3 Å². The van der Waals surface area contributed by atoms with Crippen LogP contribution in [0.1, 0.15) is 15.9 Å². The SMILES string of the molecule is COc1ccc(C(=O)Nc2ccc(C)c(N(c3cccnc3)c3ncccn3)c2)cc1. The minimum Gasteiger partial charge on any atom is -0.497 e. The van der Waals surface area contributed by atoms with Gasteiger partial charge >= 0.3 is 0 Å². The Morgan fingerprint density at radius 2 is 1.74 bits per heavy atom. The van der Waals surface area contributed by atoms with Gasteiger partial charge in [0.1, 0.15) is 5.75 Å². The molecule has 0 fully saturated rings. The van der Waals surface area contributed by atoms with Gasteiger partial charge in [-0.15, -0.1) is 0 Å². The lowest BCUT2D eigenvalue weighted by Crippen LogP contribution is -2.16. The molecule has 2 heterocycles. The van der Waals surface area contributed by atoms with Crippen molar-refractivity contribution >= 4 is 28.9 Å². The molecule has 0 aliphatic carbocycles. The average Bonchev–Trinajstić information content (AvgIpc) is 2.82. The number of hydrogen-bond donors (Lipinski definition) is 1. The van der Waals surface area contributed by atoms with Gasteiger partial charge in [0.05, 0.1) is 24.7 Å². The molecule has 7 heteroatoms. The van der Waals surface area contributed by atoms with Crippen LogP contribution >= 0.6 is 0 Å².